The summed E-state index contributed by atoms with van der Waals surface area (Å²) in [6.07, 6.45) is 0.926. The molecule has 0 saturated heterocycles. The van der Waals surface area contributed by atoms with Crippen LogP contribution in [-0.4, -0.2) is 31.1 Å². The Labute approximate surface area is 177 Å². The molecule has 156 valence electrons. The molecule has 3 atom stereocenters. The molecule has 2 aromatic rings. The van der Waals surface area contributed by atoms with Gasteiger partial charge in [-0.2, -0.15) is 0 Å². The monoisotopic (exact) mass is 416 g/mol. The maximum absolute atomic E-state index is 12.8. The first-order valence-corrected chi connectivity index (χ1v) is 10.3. The van der Waals surface area contributed by atoms with Crippen LogP contribution in [0, 0.1) is 0 Å². The molecule has 1 heterocycles. The summed E-state index contributed by atoms with van der Waals surface area (Å²) in [7, 11) is 1.32. The van der Waals surface area contributed by atoms with Crippen LogP contribution >= 0.6 is 11.6 Å². The van der Waals surface area contributed by atoms with Gasteiger partial charge in [-0.1, -0.05) is 61.8 Å². The second-order valence-electron chi connectivity index (χ2n) is 6.76. The Morgan fingerprint density at radius 3 is 2.48 bits per heavy atom. The van der Waals surface area contributed by atoms with E-state index in [2.05, 4.69) is 16.7 Å². The Morgan fingerprint density at radius 2 is 1.83 bits per heavy atom. The molecular formula is C23H29ClN2O3. The molecule has 0 spiro atoms. The number of fused-ring (bicyclic) bond motifs is 1. The lowest BCUT2D eigenvalue weighted by Gasteiger charge is -2.31. The van der Waals surface area contributed by atoms with Gasteiger partial charge in [-0.15, -0.1) is 0 Å². The number of rotatable bonds is 5. The maximum atomic E-state index is 12.8. The van der Waals surface area contributed by atoms with Gasteiger partial charge in [-0.25, -0.2) is 4.79 Å². The molecule has 1 aliphatic heterocycles. The molecule has 1 aliphatic rings. The van der Waals surface area contributed by atoms with Gasteiger partial charge >= 0.3 is 5.97 Å². The standard InChI is InChI=1S/C21H23ClN2O3.C2H6/c1-13-17-6-4-3-5-15(17)12-18(23-13)20(25)24-19(21(26)27-2)11-14-7-9-16(22)10-8-14;1-2/h3-10,13,18-19,23H,11-12H2,1-2H3,(H,24,25);1-2H3. The van der Waals surface area contributed by atoms with Gasteiger partial charge in [0.05, 0.1) is 13.2 Å². The number of ether oxygens (including phenoxy) is 1. The van der Waals surface area contributed by atoms with Crippen LogP contribution in [0.4, 0.5) is 0 Å². The van der Waals surface area contributed by atoms with Gasteiger partial charge in [0.2, 0.25) is 5.91 Å². The van der Waals surface area contributed by atoms with Crippen LogP contribution in [0.5, 0.6) is 0 Å². The van der Waals surface area contributed by atoms with Gasteiger partial charge in [-0.05, 0) is 42.2 Å². The number of methoxy groups -OCH3 is 1. The van der Waals surface area contributed by atoms with Gasteiger partial charge in [0.15, 0.2) is 0 Å². The van der Waals surface area contributed by atoms with Crippen molar-refractivity contribution in [3.8, 4) is 0 Å². The Balaban J connectivity index is 0.00000145. The number of esters is 1. The highest BCUT2D eigenvalue weighted by Crippen LogP contribution is 2.24. The van der Waals surface area contributed by atoms with Crippen molar-refractivity contribution in [2.75, 3.05) is 7.11 Å². The first-order chi connectivity index (χ1) is 14.0. The summed E-state index contributed by atoms with van der Waals surface area (Å²) in [5.41, 5.74) is 3.24. The highest BCUT2D eigenvalue weighted by molar-refractivity contribution is 6.30. The van der Waals surface area contributed by atoms with E-state index in [1.807, 2.05) is 51.1 Å². The van der Waals surface area contributed by atoms with Crippen LogP contribution in [0.3, 0.4) is 0 Å². The lowest BCUT2D eigenvalue weighted by Crippen LogP contribution is -2.53. The minimum atomic E-state index is -0.752. The number of halogens is 1. The topological polar surface area (TPSA) is 67.4 Å². The van der Waals surface area contributed by atoms with Crippen LogP contribution in [0.1, 0.15) is 43.5 Å². The summed E-state index contributed by atoms with van der Waals surface area (Å²) in [5, 5.41) is 6.79. The van der Waals surface area contributed by atoms with Crippen molar-refractivity contribution in [1.82, 2.24) is 10.6 Å². The van der Waals surface area contributed by atoms with E-state index in [1.54, 1.807) is 12.1 Å². The summed E-state index contributed by atoms with van der Waals surface area (Å²) in [4.78, 5) is 25.0. The van der Waals surface area contributed by atoms with Crippen molar-refractivity contribution in [3.05, 3.63) is 70.2 Å². The number of amides is 1. The second kappa shape index (κ2) is 11.0. The number of carbonyl (C=O) groups excluding carboxylic acids is 2. The number of benzene rings is 2. The van der Waals surface area contributed by atoms with Gasteiger partial charge in [-0.3, -0.25) is 10.1 Å². The number of carbonyl (C=O) groups is 2. The molecule has 0 fully saturated rings. The average molecular weight is 417 g/mol. The van der Waals surface area contributed by atoms with Crippen molar-refractivity contribution < 1.29 is 14.3 Å². The molecular weight excluding hydrogens is 388 g/mol. The smallest absolute Gasteiger partial charge is 0.328 e. The third-order valence-corrected chi connectivity index (χ3v) is 5.12. The van der Waals surface area contributed by atoms with Crippen LogP contribution in [0.2, 0.25) is 5.02 Å². The van der Waals surface area contributed by atoms with E-state index in [0.29, 0.717) is 17.9 Å². The lowest BCUT2D eigenvalue weighted by molar-refractivity contribution is -0.145. The maximum Gasteiger partial charge on any atom is 0.328 e. The zero-order valence-corrected chi connectivity index (χ0v) is 18.1. The molecule has 1 amide bonds. The van der Waals surface area contributed by atoms with E-state index >= 15 is 0 Å². The summed E-state index contributed by atoms with van der Waals surface area (Å²) < 4.78 is 4.87. The van der Waals surface area contributed by atoms with E-state index in [1.165, 1.54) is 12.7 Å². The van der Waals surface area contributed by atoms with E-state index in [9.17, 15) is 9.59 Å². The largest absolute Gasteiger partial charge is 0.467 e. The zero-order chi connectivity index (χ0) is 21.4. The quantitative estimate of drug-likeness (QED) is 0.726. The minimum Gasteiger partial charge on any atom is -0.467 e. The lowest BCUT2D eigenvalue weighted by atomic mass is 9.90. The molecule has 6 heteroatoms. The summed E-state index contributed by atoms with van der Waals surface area (Å²) >= 11 is 5.91. The van der Waals surface area contributed by atoms with Crippen molar-refractivity contribution in [1.29, 1.82) is 0 Å². The summed E-state index contributed by atoms with van der Waals surface area (Å²) in [6.45, 7) is 6.03. The molecule has 2 aromatic carbocycles. The van der Waals surface area contributed by atoms with Crippen molar-refractivity contribution in [2.24, 2.45) is 0 Å². The predicted octanol–water partition coefficient (Wildman–Crippen LogP) is 3.84. The molecule has 0 aromatic heterocycles. The third-order valence-electron chi connectivity index (χ3n) is 4.87. The first kappa shape index (κ1) is 22.9. The molecule has 0 saturated carbocycles. The van der Waals surface area contributed by atoms with Crippen LogP contribution in [0.25, 0.3) is 0 Å². The van der Waals surface area contributed by atoms with Crippen molar-refractivity contribution >= 4 is 23.5 Å². The molecule has 3 rings (SSSR count). The number of hydrogen-bond acceptors (Lipinski definition) is 4. The highest BCUT2D eigenvalue weighted by Gasteiger charge is 2.31. The van der Waals surface area contributed by atoms with Gasteiger partial charge in [0.25, 0.3) is 0 Å². The van der Waals surface area contributed by atoms with E-state index in [4.69, 9.17) is 16.3 Å². The van der Waals surface area contributed by atoms with Crippen LogP contribution in [-0.2, 0) is 27.2 Å². The van der Waals surface area contributed by atoms with Gasteiger partial charge in [0, 0.05) is 17.5 Å². The molecule has 2 N–H and O–H groups in total. The first-order valence-electron chi connectivity index (χ1n) is 9.94. The minimum absolute atomic E-state index is 0.0681. The molecule has 5 nitrogen and oxygen atoms in total. The fraction of sp³-hybridized carbons (Fsp3) is 0.391. The summed E-state index contributed by atoms with van der Waals surface area (Å²) in [6, 6.07) is 14.2. The Bertz CT molecular complexity index is 823. The third kappa shape index (κ3) is 6.05. The van der Waals surface area contributed by atoms with Crippen LogP contribution in [0.15, 0.2) is 48.5 Å². The zero-order valence-electron chi connectivity index (χ0n) is 17.4. The van der Waals surface area contributed by atoms with Gasteiger partial charge < -0.3 is 10.1 Å². The average Bonchev–Trinajstić information content (AvgIpc) is 2.75. The van der Waals surface area contributed by atoms with E-state index < -0.39 is 18.1 Å². The molecule has 0 bridgehead atoms. The Kier molecular flexibility index (Phi) is 8.68. The van der Waals surface area contributed by atoms with E-state index in [0.717, 1.165) is 11.1 Å². The summed E-state index contributed by atoms with van der Waals surface area (Å²) in [5.74, 6) is -0.678. The Morgan fingerprint density at radius 1 is 1.17 bits per heavy atom. The van der Waals surface area contributed by atoms with Crippen LogP contribution < -0.4 is 10.6 Å². The van der Waals surface area contributed by atoms with E-state index in [-0.39, 0.29) is 11.9 Å². The predicted molar refractivity (Wildman–Crippen MR) is 116 cm³/mol. The number of nitrogens with one attached hydrogen (secondary N) is 2. The van der Waals surface area contributed by atoms with Crippen molar-refractivity contribution in [2.45, 2.75) is 51.7 Å². The molecule has 3 unspecified atom stereocenters. The molecule has 29 heavy (non-hydrogen) atoms. The SMILES string of the molecule is CC.COC(=O)C(Cc1ccc(Cl)cc1)NC(=O)C1Cc2ccccc2C(C)N1. The van der Waals surface area contributed by atoms with Crippen molar-refractivity contribution in [3.63, 3.8) is 0 Å². The number of hydrogen-bond donors (Lipinski definition) is 2. The molecule has 0 radical (unpaired) electrons. The fourth-order valence-corrected chi connectivity index (χ4v) is 3.57. The normalized spacial score (nSPS) is 18.5. The fourth-order valence-electron chi connectivity index (χ4n) is 3.45. The highest BCUT2D eigenvalue weighted by atomic mass is 35.5. The molecule has 0 aliphatic carbocycles. The second-order valence-corrected chi connectivity index (χ2v) is 7.20. The van der Waals surface area contributed by atoms with Gasteiger partial charge in [0.1, 0.15) is 6.04 Å². The Hall–Kier alpha value is -2.37.